The first kappa shape index (κ1) is 17.7. The molecule has 2 unspecified atom stereocenters. The monoisotopic (exact) mass is 256 g/mol. The first-order valence-corrected chi connectivity index (χ1v) is 7.19. The maximum Gasteiger partial charge on any atom is 0.0800 e. The second-order valence-electron chi connectivity index (χ2n) is 6.91. The van der Waals surface area contributed by atoms with E-state index in [1.807, 2.05) is 13.8 Å². The first-order chi connectivity index (χ1) is 8.04. The number of rotatable bonds is 8. The van der Waals surface area contributed by atoms with Gasteiger partial charge in [0.1, 0.15) is 0 Å². The van der Waals surface area contributed by atoms with E-state index in [2.05, 4.69) is 27.7 Å². The Morgan fingerprint density at radius 3 is 1.28 bits per heavy atom. The van der Waals surface area contributed by atoms with Gasteiger partial charge < -0.3 is 10.2 Å². The van der Waals surface area contributed by atoms with Crippen LogP contribution in [0.15, 0.2) is 12.2 Å². The van der Waals surface area contributed by atoms with Crippen molar-refractivity contribution in [1.82, 2.24) is 0 Å². The largest absolute Gasteiger partial charge is 0.386 e. The normalized spacial score (nSPS) is 19.4. The minimum absolute atomic E-state index is 0.589. The Morgan fingerprint density at radius 2 is 1.06 bits per heavy atom. The summed E-state index contributed by atoms with van der Waals surface area (Å²) >= 11 is 0. The van der Waals surface area contributed by atoms with Crippen LogP contribution < -0.4 is 0 Å². The predicted molar refractivity (Wildman–Crippen MR) is 78.5 cm³/mol. The van der Waals surface area contributed by atoms with E-state index in [1.54, 1.807) is 12.2 Å². The molecule has 0 rings (SSSR count). The molecule has 0 saturated carbocycles. The molecule has 2 heteroatoms. The third kappa shape index (κ3) is 9.67. The summed E-state index contributed by atoms with van der Waals surface area (Å²) in [6.45, 7) is 12.2. The molecule has 0 aromatic heterocycles. The van der Waals surface area contributed by atoms with Gasteiger partial charge in [0.15, 0.2) is 0 Å². The van der Waals surface area contributed by atoms with Crippen molar-refractivity contribution in [1.29, 1.82) is 0 Å². The summed E-state index contributed by atoms with van der Waals surface area (Å²) in [5, 5.41) is 20.4. The molecule has 0 heterocycles. The van der Waals surface area contributed by atoms with Crippen molar-refractivity contribution in [2.24, 2.45) is 11.8 Å². The van der Waals surface area contributed by atoms with Crippen molar-refractivity contribution in [2.45, 2.75) is 78.4 Å². The molecule has 108 valence electrons. The minimum Gasteiger partial charge on any atom is -0.386 e. The molecule has 0 aromatic carbocycles. The summed E-state index contributed by atoms with van der Waals surface area (Å²) in [6.07, 6.45) is 6.98. The highest BCUT2D eigenvalue weighted by atomic mass is 16.3. The molecule has 0 bridgehead atoms. The van der Waals surface area contributed by atoms with Gasteiger partial charge in [0.05, 0.1) is 11.2 Å². The van der Waals surface area contributed by atoms with Crippen LogP contribution in [0.25, 0.3) is 0 Å². The smallest absolute Gasteiger partial charge is 0.0800 e. The van der Waals surface area contributed by atoms with E-state index in [1.165, 1.54) is 0 Å². The lowest BCUT2D eigenvalue weighted by atomic mass is 9.90. The molecule has 0 aliphatic heterocycles. The third-order valence-corrected chi connectivity index (χ3v) is 3.26. The van der Waals surface area contributed by atoms with Crippen LogP contribution in [0.2, 0.25) is 0 Å². The van der Waals surface area contributed by atoms with Crippen LogP contribution >= 0.6 is 0 Å². The van der Waals surface area contributed by atoms with E-state index in [9.17, 15) is 10.2 Å². The average molecular weight is 256 g/mol. The molecule has 0 aliphatic rings. The van der Waals surface area contributed by atoms with Crippen LogP contribution in [0.3, 0.4) is 0 Å². The maximum atomic E-state index is 10.2. The van der Waals surface area contributed by atoms with Gasteiger partial charge in [-0.25, -0.2) is 0 Å². The standard InChI is InChI=1S/C16H32O2/c1-13(2)7-9-15(5,17)11-12-16(6,18)10-8-14(3)4/h11-14,17-18H,7-10H2,1-6H3. The van der Waals surface area contributed by atoms with Crippen LogP contribution in [0, 0.1) is 11.8 Å². The fourth-order valence-corrected chi connectivity index (χ4v) is 1.69. The highest BCUT2D eigenvalue weighted by Gasteiger charge is 2.21. The van der Waals surface area contributed by atoms with Crippen molar-refractivity contribution in [3.63, 3.8) is 0 Å². The van der Waals surface area contributed by atoms with Gasteiger partial charge in [0.25, 0.3) is 0 Å². The molecule has 0 saturated heterocycles. The van der Waals surface area contributed by atoms with Gasteiger partial charge in [0.2, 0.25) is 0 Å². The highest BCUT2D eigenvalue weighted by Crippen LogP contribution is 2.22. The molecule has 0 fully saturated rings. The molecule has 2 N–H and O–H groups in total. The van der Waals surface area contributed by atoms with Crippen molar-refractivity contribution in [3.05, 3.63) is 12.2 Å². The molecule has 18 heavy (non-hydrogen) atoms. The van der Waals surface area contributed by atoms with Gasteiger partial charge in [-0.05, 0) is 51.4 Å². The second kappa shape index (κ2) is 7.30. The molecule has 2 atom stereocenters. The molecule has 0 radical (unpaired) electrons. The first-order valence-electron chi connectivity index (χ1n) is 7.19. The second-order valence-corrected chi connectivity index (χ2v) is 6.91. The summed E-state index contributed by atoms with van der Waals surface area (Å²) in [4.78, 5) is 0. The topological polar surface area (TPSA) is 40.5 Å². The lowest BCUT2D eigenvalue weighted by Gasteiger charge is -2.24. The van der Waals surface area contributed by atoms with Gasteiger partial charge in [-0.1, -0.05) is 39.8 Å². The summed E-state index contributed by atoms with van der Waals surface area (Å²) in [7, 11) is 0. The zero-order valence-electron chi connectivity index (χ0n) is 13.0. The van der Waals surface area contributed by atoms with Crippen LogP contribution in [0.1, 0.15) is 67.2 Å². The van der Waals surface area contributed by atoms with Crippen molar-refractivity contribution >= 4 is 0 Å². The van der Waals surface area contributed by atoms with Gasteiger partial charge in [-0.15, -0.1) is 0 Å². The minimum atomic E-state index is -0.813. The van der Waals surface area contributed by atoms with Gasteiger partial charge in [-0.3, -0.25) is 0 Å². The summed E-state index contributed by atoms with van der Waals surface area (Å²) in [5.74, 6) is 1.18. The molecule has 0 spiro atoms. The van der Waals surface area contributed by atoms with Crippen molar-refractivity contribution in [2.75, 3.05) is 0 Å². The molecule has 0 amide bonds. The lowest BCUT2D eigenvalue weighted by molar-refractivity contribution is 0.0775. The number of aliphatic hydroxyl groups is 2. The Bertz CT molecular complexity index is 224. The predicted octanol–water partition coefficient (Wildman–Crippen LogP) is 3.92. The molecular weight excluding hydrogens is 224 g/mol. The molecular formula is C16H32O2. The lowest BCUT2D eigenvalue weighted by Crippen LogP contribution is -2.26. The summed E-state index contributed by atoms with van der Waals surface area (Å²) < 4.78 is 0. The maximum absolute atomic E-state index is 10.2. The fourth-order valence-electron chi connectivity index (χ4n) is 1.69. The molecule has 2 nitrogen and oxygen atoms in total. The Labute approximate surface area is 113 Å². The highest BCUT2D eigenvalue weighted by molar-refractivity contribution is 5.06. The zero-order chi connectivity index (χ0) is 14.4. The Morgan fingerprint density at radius 1 is 0.778 bits per heavy atom. The summed E-state index contributed by atoms with van der Waals surface area (Å²) in [5.41, 5.74) is -1.63. The van der Waals surface area contributed by atoms with Crippen LogP contribution in [0.5, 0.6) is 0 Å². The summed E-state index contributed by atoms with van der Waals surface area (Å²) in [6, 6.07) is 0. The number of hydrogen-bond acceptors (Lipinski definition) is 2. The van der Waals surface area contributed by atoms with Crippen molar-refractivity contribution in [3.8, 4) is 0 Å². The van der Waals surface area contributed by atoms with Gasteiger partial charge in [0, 0.05) is 0 Å². The van der Waals surface area contributed by atoms with Gasteiger partial charge >= 0.3 is 0 Å². The average Bonchev–Trinajstić information content (AvgIpc) is 2.22. The molecule has 0 aromatic rings. The van der Waals surface area contributed by atoms with E-state index < -0.39 is 11.2 Å². The van der Waals surface area contributed by atoms with E-state index in [0.29, 0.717) is 11.8 Å². The Hall–Kier alpha value is -0.340. The quantitative estimate of drug-likeness (QED) is 0.646. The van der Waals surface area contributed by atoms with Crippen molar-refractivity contribution < 1.29 is 10.2 Å². The fraction of sp³-hybridized carbons (Fsp3) is 0.875. The third-order valence-electron chi connectivity index (χ3n) is 3.26. The number of hydrogen-bond donors (Lipinski definition) is 2. The zero-order valence-corrected chi connectivity index (χ0v) is 13.0. The molecule has 0 aliphatic carbocycles. The van der Waals surface area contributed by atoms with Crippen LogP contribution in [-0.4, -0.2) is 21.4 Å². The van der Waals surface area contributed by atoms with E-state index in [0.717, 1.165) is 25.7 Å². The van der Waals surface area contributed by atoms with E-state index in [-0.39, 0.29) is 0 Å². The van der Waals surface area contributed by atoms with E-state index in [4.69, 9.17) is 0 Å². The van der Waals surface area contributed by atoms with Crippen LogP contribution in [-0.2, 0) is 0 Å². The van der Waals surface area contributed by atoms with Gasteiger partial charge in [-0.2, -0.15) is 0 Å². The van der Waals surface area contributed by atoms with E-state index >= 15 is 0 Å². The SMILES string of the molecule is CC(C)CCC(C)(O)C=CC(C)(O)CCC(C)C. The Balaban J connectivity index is 4.32. The Kier molecular flexibility index (Phi) is 7.16. The van der Waals surface area contributed by atoms with Crippen LogP contribution in [0.4, 0.5) is 0 Å².